The molecule has 0 saturated carbocycles. The number of hydrogen-bond donors (Lipinski definition) is 1. The van der Waals surface area contributed by atoms with Crippen LogP contribution < -0.4 is 5.32 Å². The molecule has 1 atom stereocenters. The maximum atomic E-state index is 6.40. The van der Waals surface area contributed by atoms with E-state index in [4.69, 9.17) is 11.6 Å². The molecule has 0 aromatic heterocycles. The van der Waals surface area contributed by atoms with E-state index in [-0.39, 0.29) is 6.04 Å². The lowest BCUT2D eigenvalue weighted by atomic mass is 9.96. The Balaban J connectivity index is 2.01. The lowest BCUT2D eigenvalue weighted by Crippen LogP contribution is -2.18. The van der Waals surface area contributed by atoms with Crippen molar-refractivity contribution in [1.29, 1.82) is 0 Å². The number of halogens is 2. The van der Waals surface area contributed by atoms with Crippen molar-refractivity contribution in [2.45, 2.75) is 25.3 Å². The first-order valence-electron chi connectivity index (χ1n) is 6.93. The second-order valence-corrected chi connectivity index (χ2v) is 6.59. The van der Waals surface area contributed by atoms with E-state index < -0.39 is 0 Å². The van der Waals surface area contributed by atoms with E-state index in [0.29, 0.717) is 0 Å². The van der Waals surface area contributed by atoms with Gasteiger partial charge in [0.1, 0.15) is 0 Å². The SMILES string of the molecule is CNC(c1ccc2c(c1)CCC2)c1ccc(Br)cc1Cl. The van der Waals surface area contributed by atoms with Gasteiger partial charge in [0.05, 0.1) is 6.04 Å². The zero-order chi connectivity index (χ0) is 14.1. The predicted molar refractivity (Wildman–Crippen MR) is 88.5 cm³/mol. The van der Waals surface area contributed by atoms with Gasteiger partial charge >= 0.3 is 0 Å². The first kappa shape index (κ1) is 14.1. The lowest BCUT2D eigenvalue weighted by molar-refractivity contribution is 0.691. The second kappa shape index (κ2) is 5.88. The molecular formula is C17H17BrClN. The van der Waals surface area contributed by atoms with Crippen molar-refractivity contribution in [2.24, 2.45) is 0 Å². The summed E-state index contributed by atoms with van der Waals surface area (Å²) in [5, 5.41) is 4.18. The molecule has 2 aromatic carbocycles. The van der Waals surface area contributed by atoms with Gasteiger partial charge in [0.25, 0.3) is 0 Å². The van der Waals surface area contributed by atoms with E-state index in [9.17, 15) is 0 Å². The molecule has 0 bridgehead atoms. The van der Waals surface area contributed by atoms with E-state index in [2.05, 4.69) is 45.5 Å². The Kier molecular flexibility index (Phi) is 4.16. The Hall–Kier alpha value is -0.830. The largest absolute Gasteiger partial charge is 0.309 e. The van der Waals surface area contributed by atoms with Crippen LogP contribution in [0.4, 0.5) is 0 Å². The molecule has 2 aromatic rings. The molecule has 1 aliphatic rings. The zero-order valence-electron chi connectivity index (χ0n) is 11.4. The van der Waals surface area contributed by atoms with Crippen LogP contribution in [-0.2, 0) is 12.8 Å². The van der Waals surface area contributed by atoms with Gasteiger partial charge in [-0.05, 0) is 60.7 Å². The summed E-state index contributed by atoms with van der Waals surface area (Å²) in [6.07, 6.45) is 3.70. The van der Waals surface area contributed by atoms with Gasteiger partial charge in [-0.1, -0.05) is 51.8 Å². The maximum absolute atomic E-state index is 6.40. The average Bonchev–Trinajstić information content (AvgIpc) is 2.89. The quantitative estimate of drug-likeness (QED) is 0.830. The second-order valence-electron chi connectivity index (χ2n) is 5.27. The highest BCUT2D eigenvalue weighted by Gasteiger charge is 2.18. The Morgan fingerprint density at radius 2 is 1.90 bits per heavy atom. The van der Waals surface area contributed by atoms with Crippen LogP contribution in [-0.4, -0.2) is 7.05 Å². The molecule has 0 aliphatic heterocycles. The summed E-state index contributed by atoms with van der Waals surface area (Å²) in [6, 6.07) is 13.1. The van der Waals surface area contributed by atoms with Gasteiger partial charge in [0, 0.05) is 9.50 Å². The first-order chi connectivity index (χ1) is 9.69. The topological polar surface area (TPSA) is 12.0 Å². The van der Waals surface area contributed by atoms with Gasteiger partial charge < -0.3 is 5.32 Å². The normalized spacial score (nSPS) is 15.2. The number of fused-ring (bicyclic) bond motifs is 1. The molecule has 0 spiro atoms. The number of aryl methyl sites for hydroxylation is 2. The van der Waals surface area contributed by atoms with Gasteiger partial charge in [-0.2, -0.15) is 0 Å². The summed E-state index contributed by atoms with van der Waals surface area (Å²) >= 11 is 9.86. The molecule has 3 rings (SSSR count). The molecule has 1 N–H and O–H groups in total. The molecule has 1 unspecified atom stereocenters. The van der Waals surface area contributed by atoms with Crippen LogP contribution in [0.2, 0.25) is 5.02 Å². The van der Waals surface area contributed by atoms with Crippen LogP contribution in [0.3, 0.4) is 0 Å². The minimum absolute atomic E-state index is 0.140. The van der Waals surface area contributed by atoms with Crippen molar-refractivity contribution in [2.75, 3.05) is 7.05 Å². The van der Waals surface area contributed by atoms with E-state index in [0.717, 1.165) is 15.1 Å². The smallest absolute Gasteiger partial charge is 0.0589 e. The molecule has 0 amide bonds. The van der Waals surface area contributed by atoms with Crippen molar-refractivity contribution in [3.63, 3.8) is 0 Å². The van der Waals surface area contributed by atoms with Crippen LogP contribution in [0.25, 0.3) is 0 Å². The third-order valence-electron chi connectivity index (χ3n) is 4.02. The fourth-order valence-corrected chi connectivity index (χ4v) is 3.79. The van der Waals surface area contributed by atoms with Gasteiger partial charge in [0.2, 0.25) is 0 Å². The Bertz CT molecular complexity index is 639. The van der Waals surface area contributed by atoms with Gasteiger partial charge in [-0.3, -0.25) is 0 Å². The van der Waals surface area contributed by atoms with Gasteiger partial charge in [-0.25, -0.2) is 0 Å². The fourth-order valence-electron chi connectivity index (χ4n) is 3.01. The van der Waals surface area contributed by atoms with Crippen molar-refractivity contribution in [1.82, 2.24) is 5.32 Å². The van der Waals surface area contributed by atoms with Gasteiger partial charge in [0.15, 0.2) is 0 Å². The summed E-state index contributed by atoms with van der Waals surface area (Å²) in [5.41, 5.74) is 5.41. The van der Waals surface area contributed by atoms with E-state index >= 15 is 0 Å². The van der Waals surface area contributed by atoms with Crippen LogP contribution >= 0.6 is 27.5 Å². The fraction of sp³-hybridized carbons (Fsp3) is 0.294. The average molecular weight is 351 g/mol. The molecular weight excluding hydrogens is 334 g/mol. The summed E-state index contributed by atoms with van der Waals surface area (Å²) < 4.78 is 1.01. The summed E-state index contributed by atoms with van der Waals surface area (Å²) in [4.78, 5) is 0. The number of rotatable bonds is 3. The van der Waals surface area contributed by atoms with Crippen LogP contribution in [0.1, 0.15) is 34.7 Å². The molecule has 0 radical (unpaired) electrons. The standard InChI is InChI=1S/C17H17BrClN/c1-20-17(15-8-7-14(18)10-16(15)19)13-6-5-11-3-2-4-12(11)9-13/h5-10,17,20H,2-4H2,1H3. The maximum Gasteiger partial charge on any atom is 0.0589 e. The third kappa shape index (κ3) is 2.65. The van der Waals surface area contributed by atoms with E-state index in [1.807, 2.05) is 19.2 Å². The molecule has 3 heteroatoms. The molecule has 1 nitrogen and oxygen atoms in total. The highest BCUT2D eigenvalue weighted by atomic mass is 79.9. The van der Waals surface area contributed by atoms with Crippen LogP contribution in [0.5, 0.6) is 0 Å². The van der Waals surface area contributed by atoms with Crippen LogP contribution in [0, 0.1) is 0 Å². The summed E-state index contributed by atoms with van der Waals surface area (Å²) in [6.45, 7) is 0. The molecule has 0 fully saturated rings. The van der Waals surface area contributed by atoms with Gasteiger partial charge in [-0.15, -0.1) is 0 Å². The molecule has 104 valence electrons. The summed E-state index contributed by atoms with van der Waals surface area (Å²) in [7, 11) is 1.98. The van der Waals surface area contributed by atoms with Crippen LogP contribution in [0.15, 0.2) is 40.9 Å². The molecule has 1 aliphatic carbocycles. The highest BCUT2D eigenvalue weighted by molar-refractivity contribution is 9.10. The lowest BCUT2D eigenvalue weighted by Gasteiger charge is -2.19. The van der Waals surface area contributed by atoms with Crippen molar-refractivity contribution < 1.29 is 0 Å². The number of nitrogens with one attached hydrogen (secondary N) is 1. The van der Waals surface area contributed by atoms with E-state index in [1.165, 1.54) is 36.0 Å². The first-order valence-corrected chi connectivity index (χ1v) is 8.10. The molecule has 20 heavy (non-hydrogen) atoms. The van der Waals surface area contributed by atoms with Crippen molar-refractivity contribution in [3.05, 3.63) is 68.1 Å². The third-order valence-corrected chi connectivity index (χ3v) is 4.84. The number of hydrogen-bond acceptors (Lipinski definition) is 1. The molecule has 0 saturated heterocycles. The predicted octanol–water partition coefficient (Wildman–Crippen LogP) is 4.90. The zero-order valence-corrected chi connectivity index (χ0v) is 13.8. The Morgan fingerprint density at radius 3 is 2.65 bits per heavy atom. The monoisotopic (exact) mass is 349 g/mol. The van der Waals surface area contributed by atoms with Crippen molar-refractivity contribution >= 4 is 27.5 Å². The highest BCUT2D eigenvalue weighted by Crippen LogP contribution is 2.32. The number of benzene rings is 2. The summed E-state index contributed by atoms with van der Waals surface area (Å²) in [5.74, 6) is 0. The Labute approximate surface area is 133 Å². The molecule has 0 heterocycles. The minimum Gasteiger partial charge on any atom is -0.309 e. The van der Waals surface area contributed by atoms with Crippen molar-refractivity contribution in [3.8, 4) is 0 Å². The van der Waals surface area contributed by atoms with E-state index in [1.54, 1.807) is 0 Å². The Morgan fingerprint density at radius 1 is 1.10 bits per heavy atom. The minimum atomic E-state index is 0.140.